The van der Waals surface area contributed by atoms with Gasteiger partial charge in [0, 0.05) is 16.8 Å². The Hall–Kier alpha value is -2.04. The summed E-state index contributed by atoms with van der Waals surface area (Å²) in [5.41, 5.74) is 7.10. The molecule has 110 valence electrons. The number of nitrogens with one attached hydrogen (secondary N) is 1. The van der Waals surface area contributed by atoms with Crippen molar-refractivity contribution >= 4 is 23.2 Å². The molecule has 1 unspecified atom stereocenters. The highest BCUT2D eigenvalue weighted by molar-refractivity contribution is 6.30. The van der Waals surface area contributed by atoms with Crippen LogP contribution >= 0.6 is 11.6 Å². The zero-order chi connectivity index (χ0) is 15.4. The molecule has 0 aliphatic rings. The van der Waals surface area contributed by atoms with Crippen LogP contribution in [-0.2, 0) is 4.79 Å². The van der Waals surface area contributed by atoms with Crippen LogP contribution in [0, 0.1) is 6.92 Å². The number of halogens is 1. The van der Waals surface area contributed by atoms with E-state index in [4.69, 9.17) is 22.1 Å². The molecule has 3 N–H and O–H groups in total. The lowest BCUT2D eigenvalue weighted by molar-refractivity contribution is -0.117. The maximum atomic E-state index is 11.6. The van der Waals surface area contributed by atoms with E-state index in [0.717, 1.165) is 11.3 Å². The smallest absolute Gasteiger partial charge is 0.241 e. The van der Waals surface area contributed by atoms with Gasteiger partial charge in [0.2, 0.25) is 5.91 Å². The van der Waals surface area contributed by atoms with Gasteiger partial charge in [-0.2, -0.15) is 0 Å². The molecule has 0 aliphatic heterocycles. The summed E-state index contributed by atoms with van der Waals surface area (Å²) in [5, 5.41) is 3.39. The molecule has 4 nitrogen and oxygen atoms in total. The first kappa shape index (κ1) is 15.4. The Labute approximate surface area is 128 Å². The van der Waals surface area contributed by atoms with E-state index in [1.807, 2.05) is 25.1 Å². The van der Waals surface area contributed by atoms with Gasteiger partial charge in [-0.05, 0) is 49.7 Å². The highest BCUT2D eigenvalue weighted by Gasteiger charge is 2.08. The molecule has 2 rings (SSSR count). The largest absolute Gasteiger partial charge is 0.457 e. The predicted octanol–water partition coefficient (Wildman–Crippen LogP) is 3.73. The number of anilines is 1. The van der Waals surface area contributed by atoms with Gasteiger partial charge < -0.3 is 15.8 Å². The summed E-state index contributed by atoms with van der Waals surface area (Å²) in [7, 11) is 0. The van der Waals surface area contributed by atoms with Crippen LogP contribution in [0.4, 0.5) is 5.69 Å². The first-order valence-corrected chi connectivity index (χ1v) is 6.94. The lowest BCUT2D eigenvalue weighted by Crippen LogP contribution is -2.32. The molecule has 0 radical (unpaired) electrons. The molecule has 0 saturated carbocycles. The van der Waals surface area contributed by atoms with E-state index in [0.29, 0.717) is 16.5 Å². The highest BCUT2D eigenvalue weighted by atomic mass is 35.5. The van der Waals surface area contributed by atoms with Gasteiger partial charge in [-0.3, -0.25) is 4.79 Å². The number of nitrogens with two attached hydrogens (primary N) is 1. The number of carbonyl (C=O) groups excluding carboxylic acids is 1. The second-order valence-electron chi connectivity index (χ2n) is 4.82. The van der Waals surface area contributed by atoms with Crippen molar-refractivity contribution in [2.45, 2.75) is 19.9 Å². The molecule has 21 heavy (non-hydrogen) atoms. The minimum atomic E-state index is -0.562. The fourth-order valence-electron chi connectivity index (χ4n) is 1.75. The van der Waals surface area contributed by atoms with Gasteiger partial charge in [-0.15, -0.1) is 0 Å². The highest BCUT2D eigenvalue weighted by Crippen LogP contribution is 2.28. The zero-order valence-electron chi connectivity index (χ0n) is 11.9. The first-order chi connectivity index (χ1) is 9.95. The van der Waals surface area contributed by atoms with E-state index in [1.54, 1.807) is 31.2 Å². The van der Waals surface area contributed by atoms with Crippen molar-refractivity contribution in [3.8, 4) is 11.5 Å². The number of ether oxygens (including phenoxy) is 1. The number of aryl methyl sites for hydroxylation is 1. The third kappa shape index (κ3) is 4.21. The Morgan fingerprint density at radius 2 is 2.05 bits per heavy atom. The van der Waals surface area contributed by atoms with Gasteiger partial charge >= 0.3 is 0 Å². The lowest BCUT2D eigenvalue weighted by atomic mass is 10.2. The Morgan fingerprint density at radius 3 is 2.71 bits per heavy atom. The predicted molar refractivity (Wildman–Crippen MR) is 85.0 cm³/mol. The summed E-state index contributed by atoms with van der Waals surface area (Å²) >= 11 is 5.92. The average Bonchev–Trinajstić information content (AvgIpc) is 2.42. The maximum absolute atomic E-state index is 11.6. The number of rotatable bonds is 4. The number of hydrogen-bond acceptors (Lipinski definition) is 3. The molecular formula is C16H17ClN2O2. The zero-order valence-corrected chi connectivity index (χ0v) is 12.6. The number of carbonyl (C=O) groups is 1. The van der Waals surface area contributed by atoms with Crippen molar-refractivity contribution in [3.63, 3.8) is 0 Å². The molecule has 1 amide bonds. The Kier molecular flexibility index (Phi) is 4.83. The lowest BCUT2D eigenvalue weighted by Gasteiger charge is -2.11. The van der Waals surface area contributed by atoms with Gasteiger partial charge in [0.15, 0.2) is 0 Å². The van der Waals surface area contributed by atoms with Crippen LogP contribution in [0.5, 0.6) is 11.5 Å². The monoisotopic (exact) mass is 304 g/mol. The normalized spacial score (nSPS) is 11.8. The topological polar surface area (TPSA) is 64.3 Å². The van der Waals surface area contributed by atoms with Crippen molar-refractivity contribution in [1.82, 2.24) is 0 Å². The second kappa shape index (κ2) is 6.61. The van der Waals surface area contributed by atoms with E-state index in [-0.39, 0.29) is 5.91 Å². The van der Waals surface area contributed by atoms with Crippen molar-refractivity contribution in [2.24, 2.45) is 5.73 Å². The molecule has 0 spiro atoms. The van der Waals surface area contributed by atoms with Crippen LogP contribution in [0.2, 0.25) is 5.02 Å². The van der Waals surface area contributed by atoms with Gasteiger partial charge in [0.25, 0.3) is 0 Å². The van der Waals surface area contributed by atoms with Crippen molar-refractivity contribution in [3.05, 3.63) is 53.1 Å². The van der Waals surface area contributed by atoms with Gasteiger partial charge in [-0.1, -0.05) is 17.7 Å². The Bertz CT molecular complexity index is 656. The number of amides is 1. The SMILES string of the molecule is Cc1cc(Cl)ccc1Oc1cccc(NC(=O)C(C)N)c1. The molecule has 1 atom stereocenters. The Morgan fingerprint density at radius 1 is 1.29 bits per heavy atom. The van der Waals surface area contributed by atoms with Crippen LogP contribution in [0.15, 0.2) is 42.5 Å². The summed E-state index contributed by atoms with van der Waals surface area (Å²) in [4.78, 5) is 11.6. The van der Waals surface area contributed by atoms with Crippen LogP contribution < -0.4 is 15.8 Å². The minimum absolute atomic E-state index is 0.241. The molecule has 0 saturated heterocycles. The maximum Gasteiger partial charge on any atom is 0.241 e. The van der Waals surface area contributed by atoms with Gasteiger partial charge in [0.1, 0.15) is 11.5 Å². The molecule has 0 heterocycles. The van der Waals surface area contributed by atoms with Crippen molar-refractivity contribution in [1.29, 1.82) is 0 Å². The summed E-state index contributed by atoms with van der Waals surface area (Å²) < 4.78 is 5.81. The van der Waals surface area contributed by atoms with Gasteiger partial charge in [-0.25, -0.2) is 0 Å². The van der Waals surface area contributed by atoms with Crippen LogP contribution in [0.25, 0.3) is 0 Å². The molecular weight excluding hydrogens is 288 g/mol. The summed E-state index contributed by atoms with van der Waals surface area (Å²) in [6, 6.07) is 12.0. The summed E-state index contributed by atoms with van der Waals surface area (Å²) in [6.45, 7) is 3.55. The first-order valence-electron chi connectivity index (χ1n) is 6.56. The van der Waals surface area contributed by atoms with Crippen molar-refractivity contribution < 1.29 is 9.53 Å². The van der Waals surface area contributed by atoms with E-state index in [2.05, 4.69) is 5.32 Å². The van der Waals surface area contributed by atoms with E-state index < -0.39 is 6.04 Å². The van der Waals surface area contributed by atoms with E-state index >= 15 is 0 Å². The summed E-state index contributed by atoms with van der Waals surface area (Å²) in [5.74, 6) is 1.10. The second-order valence-corrected chi connectivity index (χ2v) is 5.25. The van der Waals surface area contributed by atoms with Gasteiger partial charge in [0.05, 0.1) is 6.04 Å². The molecule has 2 aromatic carbocycles. The third-order valence-corrected chi connectivity index (χ3v) is 3.12. The fraction of sp³-hybridized carbons (Fsp3) is 0.188. The van der Waals surface area contributed by atoms with E-state index in [9.17, 15) is 4.79 Å². The van der Waals surface area contributed by atoms with Crippen LogP contribution in [0.1, 0.15) is 12.5 Å². The number of hydrogen-bond donors (Lipinski definition) is 2. The van der Waals surface area contributed by atoms with Crippen molar-refractivity contribution in [2.75, 3.05) is 5.32 Å². The summed E-state index contributed by atoms with van der Waals surface area (Å²) in [6.07, 6.45) is 0. The molecule has 0 aromatic heterocycles. The Balaban J connectivity index is 2.16. The van der Waals surface area contributed by atoms with Crippen LogP contribution in [-0.4, -0.2) is 11.9 Å². The third-order valence-electron chi connectivity index (χ3n) is 2.88. The molecule has 0 fully saturated rings. The fourth-order valence-corrected chi connectivity index (χ4v) is 1.97. The minimum Gasteiger partial charge on any atom is -0.457 e. The van der Waals surface area contributed by atoms with E-state index in [1.165, 1.54) is 0 Å². The molecule has 0 aliphatic carbocycles. The quantitative estimate of drug-likeness (QED) is 0.904. The number of benzene rings is 2. The standard InChI is InChI=1S/C16H17ClN2O2/c1-10-8-12(17)6-7-15(10)21-14-5-3-4-13(9-14)19-16(20)11(2)18/h3-9,11H,18H2,1-2H3,(H,19,20). The molecule has 0 bridgehead atoms. The molecule has 5 heteroatoms. The molecule has 2 aromatic rings. The van der Waals surface area contributed by atoms with Crippen LogP contribution in [0.3, 0.4) is 0 Å². The average molecular weight is 305 g/mol.